The number of ether oxygens (including phenoxy) is 1. The van der Waals surface area contributed by atoms with Crippen LogP contribution in [0.15, 0.2) is 53.4 Å². The van der Waals surface area contributed by atoms with Crippen molar-refractivity contribution in [2.24, 2.45) is 5.92 Å². The molecule has 1 aliphatic carbocycles. The largest absolute Gasteiger partial charge is 0.495 e. The van der Waals surface area contributed by atoms with Crippen molar-refractivity contribution < 1.29 is 17.9 Å². The van der Waals surface area contributed by atoms with Crippen molar-refractivity contribution in [1.82, 2.24) is 5.32 Å². The van der Waals surface area contributed by atoms with Crippen LogP contribution in [0.3, 0.4) is 0 Å². The van der Waals surface area contributed by atoms with Crippen LogP contribution in [0.5, 0.6) is 5.75 Å². The Bertz CT molecular complexity index is 957. The molecule has 2 atom stereocenters. The number of para-hydroxylation sites is 2. The van der Waals surface area contributed by atoms with Crippen LogP contribution >= 0.6 is 0 Å². The third kappa shape index (κ3) is 4.56. The van der Waals surface area contributed by atoms with E-state index < -0.39 is 10.0 Å². The topological polar surface area (TPSA) is 75.7 Å². The summed E-state index contributed by atoms with van der Waals surface area (Å²) in [4.78, 5) is 12.7. The maximum atomic E-state index is 13.0. The van der Waals surface area contributed by atoms with Gasteiger partial charge in [-0.2, -0.15) is 0 Å². The quantitative estimate of drug-likeness (QED) is 0.777. The van der Waals surface area contributed by atoms with Crippen molar-refractivity contribution in [3.8, 4) is 5.75 Å². The number of nitrogens with zero attached hydrogens (tertiary/aromatic N) is 1. The fraction of sp³-hybridized carbons (Fsp3) is 0.409. The lowest BCUT2D eigenvalue weighted by Crippen LogP contribution is -2.41. The number of nitrogens with one attached hydrogen (secondary N) is 1. The third-order valence-corrected chi connectivity index (χ3v) is 7.41. The molecule has 3 rings (SSSR count). The highest BCUT2D eigenvalue weighted by molar-refractivity contribution is 7.92. The molecule has 156 valence electrons. The molecule has 1 N–H and O–H groups in total. The Labute approximate surface area is 172 Å². The van der Waals surface area contributed by atoms with Crippen molar-refractivity contribution in [2.75, 3.05) is 18.5 Å². The first-order valence-corrected chi connectivity index (χ1v) is 11.3. The van der Waals surface area contributed by atoms with E-state index in [0.717, 1.165) is 19.3 Å². The number of carbonyl (C=O) groups is 1. The zero-order chi connectivity index (χ0) is 21.0. The molecule has 1 aliphatic rings. The normalized spacial score (nSPS) is 19.4. The van der Waals surface area contributed by atoms with Crippen LogP contribution in [0.4, 0.5) is 5.69 Å². The van der Waals surface area contributed by atoms with E-state index in [1.807, 2.05) is 0 Å². The van der Waals surface area contributed by atoms with Gasteiger partial charge in [0.05, 0.1) is 17.7 Å². The summed E-state index contributed by atoms with van der Waals surface area (Å²) in [5.41, 5.74) is 0.907. The number of benzene rings is 2. The van der Waals surface area contributed by atoms with E-state index in [1.54, 1.807) is 36.4 Å². The van der Waals surface area contributed by atoms with Crippen LogP contribution in [0.1, 0.15) is 43.0 Å². The second-order valence-electron chi connectivity index (χ2n) is 7.51. The number of hydrogen-bond donors (Lipinski definition) is 1. The fourth-order valence-corrected chi connectivity index (χ4v) is 4.94. The van der Waals surface area contributed by atoms with Gasteiger partial charge in [0.2, 0.25) is 0 Å². The Morgan fingerprint density at radius 3 is 2.38 bits per heavy atom. The van der Waals surface area contributed by atoms with Gasteiger partial charge in [0, 0.05) is 18.7 Å². The van der Waals surface area contributed by atoms with Gasteiger partial charge in [-0.05, 0) is 55.2 Å². The summed E-state index contributed by atoms with van der Waals surface area (Å²) in [6, 6.07) is 13.2. The molecule has 2 unspecified atom stereocenters. The van der Waals surface area contributed by atoms with Gasteiger partial charge in [-0.25, -0.2) is 8.42 Å². The van der Waals surface area contributed by atoms with Crippen LogP contribution in [0.25, 0.3) is 0 Å². The predicted molar refractivity (Wildman–Crippen MR) is 114 cm³/mol. The van der Waals surface area contributed by atoms with Gasteiger partial charge in [0.25, 0.3) is 15.9 Å². The molecule has 1 saturated carbocycles. The minimum Gasteiger partial charge on any atom is -0.495 e. The lowest BCUT2D eigenvalue weighted by molar-refractivity contribution is 0.0910. The van der Waals surface area contributed by atoms with Crippen molar-refractivity contribution in [3.05, 3.63) is 54.1 Å². The number of sulfonamides is 1. The van der Waals surface area contributed by atoms with Gasteiger partial charge in [0.15, 0.2) is 0 Å². The van der Waals surface area contributed by atoms with E-state index in [1.165, 1.54) is 37.0 Å². The van der Waals surface area contributed by atoms with Crippen molar-refractivity contribution in [3.63, 3.8) is 0 Å². The highest BCUT2D eigenvalue weighted by Crippen LogP contribution is 2.31. The van der Waals surface area contributed by atoms with E-state index in [-0.39, 0.29) is 16.8 Å². The molecule has 0 aliphatic heterocycles. The third-order valence-electron chi connectivity index (χ3n) is 5.63. The second-order valence-corrected chi connectivity index (χ2v) is 9.48. The van der Waals surface area contributed by atoms with E-state index in [2.05, 4.69) is 12.2 Å². The van der Waals surface area contributed by atoms with Crippen molar-refractivity contribution in [1.29, 1.82) is 0 Å². The number of methoxy groups -OCH3 is 1. The average Bonchev–Trinajstić information content (AvgIpc) is 2.74. The molecule has 2 aromatic carbocycles. The zero-order valence-electron chi connectivity index (χ0n) is 17.1. The predicted octanol–water partition coefficient (Wildman–Crippen LogP) is 3.83. The van der Waals surface area contributed by atoms with Gasteiger partial charge in [-0.1, -0.05) is 31.9 Å². The first-order chi connectivity index (χ1) is 13.8. The Hall–Kier alpha value is -2.54. The number of rotatable bonds is 6. The van der Waals surface area contributed by atoms with Crippen LogP contribution in [-0.2, 0) is 10.0 Å². The number of carbonyl (C=O) groups excluding carboxylic acids is 1. The van der Waals surface area contributed by atoms with Gasteiger partial charge in [-0.3, -0.25) is 9.10 Å². The van der Waals surface area contributed by atoms with Gasteiger partial charge in [-0.15, -0.1) is 0 Å². The van der Waals surface area contributed by atoms with Gasteiger partial charge < -0.3 is 10.1 Å². The van der Waals surface area contributed by atoms with E-state index in [0.29, 0.717) is 22.9 Å². The van der Waals surface area contributed by atoms with Crippen LogP contribution < -0.4 is 14.4 Å². The summed E-state index contributed by atoms with van der Waals surface area (Å²) in [5.74, 6) is 0.767. The Morgan fingerprint density at radius 1 is 1.07 bits per heavy atom. The summed E-state index contributed by atoms with van der Waals surface area (Å²) in [7, 11) is -0.797. The van der Waals surface area contributed by atoms with E-state index in [4.69, 9.17) is 4.74 Å². The fourth-order valence-electron chi connectivity index (χ4n) is 3.74. The molecular weight excluding hydrogens is 388 g/mol. The molecule has 7 heteroatoms. The Morgan fingerprint density at radius 2 is 1.72 bits per heavy atom. The molecule has 0 spiro atoms. The monoisotopic (exact) mass is 416 g/mol. The lowest BCUT2D eigenvalue weighted by atomic mass is 9.86. The van der Waals surface area contributed by atoms with Crippen LogP contribution in [0.2, 0.25) is 0 Å². The summed E-state index contributed by atoms with van der Waals surface area (Å²) in [6.07, 6.45) is 4.45. The van der Waals surface area contributed by atoms with Crippen molar-refractivity contribution >= 4 is 21.6 Å². The average molecular weight is 417 g/mol. The highest BCUT2D eigenvalue weighted by Gasteiger charge is 2.25. The molecule has 2 aromatic rings. The molecule has 0 radical (unpaired) electrons. The molecular formula is C22H28N2O4S. The number of anilines is 1. The Balaban J connectivity index is 1.77. The van der Waals surface area contributed by atoms with Crippen LogP contribution in [-0.4, -0.2) is 34.5 Å². The zero-order valence-corrected chi connectivity index (χ0v) is 17.9. The Kier molecular flexibility index (Phi) is 6.47. The molecule has 1 fully saturated rings. The summed E-state index contributed by atoms with van der Waals surface area (Å²) in [6.45, 7) is 2.16. The number of amides is 1. The minimum atomic E-state index is -3.78. The second kappa shape index (κ2) is 8.86. The minimum absolute atomic E-state index is 0.119. The standard InChI is InChI=1S/C22H28N2O4S/c1-16-8-4-5-9-19(16)23-22(25)17-12-14-18(15-13-17)29(26,27)24(2)20-10-6-7-11-21(20)28-3/h6-7,10-16,19H,4-5,8-9H2,1-3H3,(H,23,25). The summed E-state index contributed by atoms with van der Waals surface area (Å²) >= 11 is 0. The number of hydrogen-bond acceptors (Lipinski definition) is 4. The van der Waals surface area contributed by atoms with Crippen LogP contribution in [0, 0.1) is 5.92 Å². The SMILES string of the molecule is COc1ccccc1N(C)S(=O)(=O)c1ccc(C(=O)NC2CCCCC2C)cc1. The molecule has 6 nitrogen and oxygen atoms in total. The first-order valence-electron chi connectivity index (χ1n) is 9.87. The lowest BCUT2D eigenvalue weighted by Gasteiger charge is -2.29. The van der Waals surface area contributed by atoms with Gasteiger partial charge >= 0.3 is 0 Å². The molecule has 0 aromatic heterocycles. The van der Waals surface area contributed by atoms with E-state index >= 15 is 0 Å². The summed E-state index contributed by atoms with van der Waals surface area (Å²) in [5, 5.41) is 3.09. The molecule has 0 heterocycles. The summed E-state index contributed by atoms with van der Waals surface area (Å²) < 4.78 is 32.5. The van der Waals surface area contributed by atoms with Crippen molar-refractivity contribution in [2.45, 2.75) is 43.5 Å². The maximum absolute atomic E-state index is 13.0. The molecule has 1 amide bonds. The smallest absolute Gasteiger partial charge is 0.264 e. The van der Waals surface area contributed by atoms with Gasteiger partial charge in [0.1, 0.15) is 5.75 Å². The molecule has 0 saturated heterocycles. The molecule has 0 bridgehead atoms. The highest BCUT2D eigenvalue weighted by atomic mass is 32.2. The van der Waals surface area contributed by atoms with E-state index in [9.17, 15) is 13.2 Å². The maximum Gasteiger partial charge on any atom is 0.264 e. The first kappa shape index (κ1) is 21.2. The molecule has 29 heavy (non-hydrogen) atoms.